The summed E-state index contributed by atoms with van der Waals surface area (Å²) < 4.78 is 10.2. The SMILES string of the molecule is COc1ccc(NC(=O)CC(C)N)cc1OC.Cl. The van der Waals surface area contributed by atoms with E-state index in [4.69, 9.17) is 15.2 Å². The number of rotatable bonds is 5. The van der Waals surface area contributed by atoms with Crippen LogP contribution in [0.1, 0.15) is 13.3 Å². The third-order valence-corrected chi connectivity index (χ3v) is 2.17. The summed E-state index contributed by atoms with van der Waals surface area (Å²) in [5.41, 5.74) is 6.20. The van der Waals surface area contributed by atoms with Gasteiger partial charge in [0, 0.05) is 24.2 Å². The highest BCUT2D eigenvalue weighted by Crippen LogP contribution is 2.29. The van der Waals surface area contributed by atoms with Crippen LogP contribution >= 0.6 is 12.4 Å². The van der Waals surface area contributed by atoms with E-state index in [1.165, 1.54) is 0 Å². The molecule has 5 nitrogen and oxygen atoms in total. The maximum atomic E-state index is 11.5. The van der Waals surface area contributed by atoms with E-state index in [1.54, 1.807) is 39.3 Å². The molecule has 18 heavy (non-hydrogen) atoms. The first-order valence-corrected chi connectivity index (χ1v) is 5.34. The molecule has 0 saturated carbocycles. The minimum absolute atomic E-state index is 0. The molecule has 0 saturated heterocycles. The topological polar surface area (TPSA) is 73.6 Å². The van der Waals surface area contributed by atoms with Gasteiger partial charge in [0.1, 0.15) is 0 Å². The van der Waals surface area contributed by atoms with Gasteiger partial charge in [-0.25, -0.2) is 0 Å². The Morgan fingerprint density at radius 3 is 2.44 bits per heavy atom. The van der Waals surface area contributed by atoms with Crippen molar-refractivity contribution >= 4 is 24.0 Å². The minimum Gasteiger partial charge on any atom is -0.493 e. The fourth-order valence-electron chi connectivity index (χ4n) is 1.42. The van der Waals surface area contributed by atoms with Crippen LogP contribution in [-0.4, -0.2) is 26.2 Å². The molecule has 0 spiro atoms. The zero-order valence-corrected chi connectivity index (χ0v) is 11.5. The summed E-state index contributed by atoms with van der Waals surface area (Å²) in [6, 6.07) is 5.04. The highest BCUT2D eigenvalue weighted by molar-refractivity contribution is 5.91. The van der Waals surface area contributed by atoms with Gasteiger partial charge in [-0.2, -0.15) is 0 Å². The highest BCUT2D eigenvalue weighted by atomic mass is 35.5. The molecule has 0 radical (unpaired) electrons. The number of ether oxygens (including phenoxy) is 2. The van der Waals surface area contributed by atoms with E-state index >= 15 is 0 Å². The summed E-state index contributed by atoms with van der Waals surface area (Å²) in [5.74, 6) is 1.08. The van der Waals surface area contributed by atoms with Crippen molar-refractivity contribution in [1.29, 1.82) is 0 Å². The van der Waals surface area contributed by atoms with Gasteiger partial charge in [-0.15, -0.1) is 12.4 Å². The zero-order chi connectivity index (χ0) is 12.8. The number of halogens is 1. The molecule has 102 valence electrons. The van der Waals surface area contributed by atoms with E-state index in [-0.39, 0.29) is 30.8 Å². The summed E-state index contributed by atoms with van der Waals surface area (Å²) in [7, 11) is 3.11. The molecule has 1 aromatic carbocycles. The van der Waals surface area contributed by atoms with Gasteiger partial charge in [0.25, 0.3) is 0 Å². The predicted octanol–water partition coefficient (Wildman–Crippen LogP) is 1.80. The van der Waals surface area contributed by atoms with Crippen molar-refractivity contribution in [3.05, 3.63) is 18.2 Å². The third-order valence-electron chi connectivity index (χ3n) is 2.17. The van der Waals surface area contributed by atoms with Crippen molar-refractivity contribution in [2.75, 3.05) is 19.5 Å². The average molecular weight is 275 g/mol. The molecular formula is C12H19ClN2O3. The number of carbonyl (C=O) groups excluding carboxylic acids is 1. The zero-order valence-electron chi connectivity index (χ0n) is 10.7. The highest BCUT2D eigenvalue weighted by Gasteiger charge is 2.08. The van der Waals surface area contributed by atoms with E-state index in [0.717, 1.165) is 0 Å². The molecule has 0 heterocycles. The molecule has 0 bridgehead atoms. The number of hydrogen-bond donors (Lipinski definition) is 2. The second kappa shape index (κ2) is 7.79. The number of amides is 1. The van der Waals surface area contributed by atoms with Crippen LogP contribution in [0.25, 0.3) is 0 Å². The lowest BCUT2D eigenvalue weighted by Crippen LogP contribution is -2.23. The van der Waals surface area contributed by atoms with E-state index < -0.39 is 0 Å². The number of carbonyl (C=O) groups is 1. The summed E-state index contributed by atoms with van der Waals surface area (Å²) >= 11 is 0. The van der Waals surface area contributed by atoms with Crippen LogP contribution in [0.3, 0.4) is 0 Å². The number of benzene rings is 1. The normalized spacial score (nSPS) is 11.1. The average Bonchev–Trinajstić information content (AvgIpc) is 2.27. The van der Waals surface area contributed by atoms with Crippen molar-refractivity contribution in [2.24, 2.45) is 5.73 Å². The largest absolute Gasteiger partial charge is 0.493 e. The number of hydrogen-bond acceptors (Lipinski definition) is 4. The van der Waals surface area contributed by atoms with E-state index in [9.17, 15) is 4.79 Å². The molecule has 0 aliphatic rings. The van der Waals surface area contributed by atoms with Crippen molar-refractivity contribution in [2.45, 2.75) is 19.4 Å². The number of nitrogens with one attached hydrogen (secondary N) is 1. The minimum atomic E-state index is -0.157. The lowest BCUT2D eigenvalue weighted by molar-refractivity contribution is -0.116. The number of anilines is 1. The molecule has 3 N–H and O–H groups in total. The quantitative estimate of drug-likeness (QED) is 0.859. The van der Waals surface area contributed by atoms with Crippen LogP contribution in [-0.2, 0) is 4.79 Å². The number of methoxy groups -OCH3 is 2. The van der Waals surface area contributed by atoms with Crippen molar-refractivity contribution < 1.29 is 14.3 Å². The Morgan fingerprint density at radius 2 is 1.94 bits per heavy atom. The molecule has 1 unspecified atom stereocenters. The standard InChI is InChI=1S/C12H18N2O3.ClH/c1-8(13)6-12(15)14-9-4-5-10(16-2)11(7-9)17-3;/h4-5,7-8H,6,13H2,1-3H3,(H,14,15);1H. The Hall–Kier alpha value is -1.46. The molecule has 1 rings (SSSR count). The number of nitrogens with two attached hydrogens (primary N) is 1. The van der Waals surface area contributed by atoms with E-state index in [2.05, 4.69) is 5.32 Å². The van der Waals surface area contributed by atoms with Gasteiger partial charge < -0.3 is 20.5 Å². The summed E-state index contributed by atoms with van der Waals surface area (Å²) in [6.07, 6.45) is 0.286. The van der Waals surface area contributed by atoms with Crippen LogP contribution in [0.4, 0.5) is 5.69 Å². The summed E-state index contributed by atoms with van der Waals surface area (Å²) in [6.45, 7) is 1.79. The fraction of sp³-hybridized carbons (Fsp3) is 0.417. The molecule has 1 amide bonds. The van der Waals surface area contributed by atoms with Gasteiger partial charge in [-0.1, -0.05) is 0 Å². The molecule has 0 aliphatic carbocycles. The predicted molar refractivity (Wildman–Crippen MR) is 73.7 cm³/mol. The van der Waals surface area contributed by atoms with Crippen LogP contribution in [0.5, 0.6) is 11.5 Å². The summed E-state index contributed by atoms with van der Waals surface area (Å²) in [5, 5.41) is 2.74. The second-order valence-corrected chi connectivity index (χ2v) is 3.80. The third kappa shape index (κ3) is 4.81. The smallest absolute Gasteiger partial charge is 0.225 e. The first-order valence-electron chi connectivity index (χ1n) is 5.34. The van der Waals surface area contributed by atoms with E-state index in [1.807, 2.05) is 0 Å². The van der Waals surface area contributed by atoms with Crippen LogP contribution in [0.2, 0.25) is 0 Å². The Bertz CT molecular complexity index is 397. The molecule has 0 fully saturated rings. The van der Waals surface area contributed by atoms with Crippen LogP contribution in [0.15, 0.2) is 18.2 Å². The fourth-order valence-corrected chi connectivity index (χ4v) is 1.42. The first-order chi connectivity index (χ1) is 8.06. The Balaban J connectivity index is 0.00000289. The van der Waals surface area contributed by atoms with Gasteiger partial charge in [0.05, 0.1) is 14.2 Å². The lowest BCUT2D eigenvalue weighted by Gasteiger charge is -2.11. The monoisotopic (exact) mass is 274 g/mol. The first kappa shape index (κ1) is 16.5. The molecule has 1 atom stereocenters. The van der Waals surface area contributed by atoms with Crippen molar-refractivity contribution in [1.82, 2.24) is 0 Å². The molecule has 1 aromatic rings. The maximum absolute atomic E-state index is 11.5. The Morgan fingerprint density at radius 1 is 1.33 bits per heavy atom. The van der Waals surface area contributed by atoms with Gasteiger partial charge in [-0.05, 0) is 19.1 Å². The molecule has 6 heteroatoms. The second-order valence-electron chi connectivity index (χ2n) is 3.80. The van der Waals surface area contributed by atoms with Gasteiger partial charge in [0.15, 0.2) is 11.5 Å². The van der Waals surface area contributed by atoms with Gasteiger partial charge >= 0.3 is 0 Å². The van der Waals surface area contributed by atoms with Crippen LogP contribution < -0.4 is 20.5 Å². The van der Waals surface area contributed by atoms with Crippen molar-refractivity contribution in [3.63, 3.8) is 0 Å². The van der Waals surface area contributed by atoms with Crippen LogP contribution in [0, 0.1) is 0 Å². The van der Waals surface area contributed by atoms with Crippen molar-refractivity contribution in [3.8, 4) is 11.5 Å². The van der Waals surface area contributed by atoms with Gasteiger partial charge in [0.2, 0.25) is 5.91 Å². The molecular weight excluding hydrogens is 256 g/mol. The molecule has 0 aliphatic heterocycles. The summed E-state index contributed by atoms with van der Waals surface area (Å²) in [4.78, 5) is 11.5. The van der Waals surface area contributed by atoms with E-state index in [0.29, 0.717) is 17.2 Å². The van der Waals surface area contributed by atoms with Gasteiger partial charge in [-0.3, -0.25) is 4.79 Å². The Labute approximate surface area is 113 Å². The maximum Gasteiger partial charge on any atom is 0.225 e. The lowest BCUT2D eigenvalue weighted by atomic mass is 10.2. The Kier molecular flexibility index (Phi) is 7.16. The molecule has 0 aromatic heterocycles.